The van der Waals surface area contributed by atoms with E-state index in [1.54, 1.807) is 6.92 Å². The van der Waals surface area contributed by atoms with Gasteiger partial charge in [-0.2, -0.15) is 0 Å². The molecule has 0 aliphatic carbocycles. The van der Waals surface area contributed by atoms with E-state index in [0.29, 0.717) is 0 Å². The van der Waals surface area contributed by atoms with Crippen LogP contribution in [-0.4, -0.2) is 61.9 Å². The molecule has 5 N–H and O–H groups in total. The first kappa shape index (κ1) is 13.7. The first-order valence-electron chi connectivity index (χ1n) is 5.11. The van der Waals surface area contributed by atoms with Crippen molar-refractivity contribution in [1.82, 2.24) is 5.32 Å². The first-order chi connectivity index (χ1) is 7.51. The summed E-state index contributed by atoms with van der Waals surface area (Å²) in [6, 6.07) is -0.907. The standard InChI is InChI=1S/C9H17NO5S/c1-2-5(12)10-6-8(14)7(13)4(3-11)16-9(6)15/h4,6-9,11,13-15H,2-3H2,1H3,(H,10,12)/t4?,6?,7-,8-,9?/m1/s1. The maximum atomic E-state index is 11.2. The van der Waals surface area contributed by atoms with Gasteiger partial charge in [0.05, 0.1) is 24.0 Å². The van der Waals surface area contributed by atoms with Crippen molar-refractivity contribution in [3.63, 3.8) is 0 Å². The van der Waals surface area contributed by atoms with Gasteiger partial charge >= 0.3 is 0 Å². The molecule has 1 aliphatic heterocycles. The number of amides is 1. The van der Waals surface area contributed by atoms with Crippen LogP contribution in [0.3, 0.4) is 0 Å². The average molecular weight is 251 g/mol. The van der Waals surface area contributed by atoms with Crippen molar-refractivity contribution in [2.75, 3.05) is 6.61 Å². The molecule has 1 rings (SSSR count). The predicted molar refractivity (Wildman–Crippen MR) is 58.7 cm³/mol. The minimum Gasteiger partial charge on any atom is -0.395 e. The molecule has 1 saturated heterocycles. The van der Waals surface area contributed by atoms with E-state index >= 15 is 0 Å². The van der Waals surface area contributed by atoms with Gasteiger partial charge in [0.15, 0.2) is 0 Å². The number of hydrogen-bond acceptors (Lipinski definition) is 6. The number of thioether (sulfide) groups is 1. The Balaban J connectivity index is 2.67. The largest absolute Gasteiger partial charge is 0.395 e. The molecule has 0 radical (unpaired) electrons. The van der Waals surface area contributed by atoms with Gasteiger partial charge in [0.25, 0.3) is 0 Å². The minimum absolute atomic E-state index is 0.236. The summed E-state index contributed by atoms with van der Waals surface area (Å²) in [4.78, 5) is 11.2. The summed E-state index contributed by atoms with van der Waals surface area (Å²) in [6.07, 6.45) is -2.20. The Morgan fingerprint density at radius 3 is 2.44 bits per heavy atom. The summed E-state index contributed by atoms with van der Waals surface area (Å²) >= 11 is 0.940. The molecule has 3 unspecified atom stereocenters. The monoisotopic (exact) mass is 251 g/mol. The molecule has 0 aromatic rings. The lowest BCUT2D eigenvalue weighted by Gasteiger charge is -2.39. The Labute approximate surface area is 97.7 Å². The second-order valence-electron chi connectivity index (χ2n) is 3.68. The Morgan fingerprint density at radius 2 is 1.94 bits per heavy atom. The second-order valence-corrected chi connectivity index (χ2v) is 5.04. The van der Waals surface area contributed by atoms with Crippen LogP contribution in [-0.2, 0) is 4.79 Å². The highest BCUT2D eigenvalue weighted by Crippen LogP contribution is 2.31. The molecular weight excluding hydrogens is 234 g/mol. The van der Waals surface area contributed by atoms with Crippen molar-refractivity contribution < 1.29 is 25.2 Å². The molecule has 1 aliphatic rings. The van der Waals surface area contributed by atoms with Crippen molar-refractivity contribution >= 4 is 17.7 Å². The van der Waals surface area contributed by atoms with Gasteiger partial charge in [-0.05, 0) is 0 Å². The van der Waals surface area contributed by atoms with Crippen molar-refractivity contribution in [3.05, 3.63) is 0 Å². The topological polar surface area (TPSA) is 110 Å². The molecule has 94 valence electrons. The maximum absolute atomic E-state index is 11.2. The molecule has 0 aromatic carbocycles. The Kier molecular flexibility index (Phi) is 5.00. The summed E-state index contributed by atoms with van der Waals surface area (Å²) in [5.74, 6) is -0.307. The normalized spacial score (nSPS) is 39.4. The van der Waals surface area contributed by atoms with Gasteiger partial charge in [-0.15, -0.1) is 11.8 Å². The molecule has 6 nitrogen and oxygen atoms in total. The smallest absolute Gasteiger partial charge is 0.220 e. The lowest BCUT2D eigenvalue weighted by molar-refractivity contribution is -0.124. The zero-order valence-corrected chi connectivity index (χ0v) is 9.72. The number of nitrogens with one attached hydrogen (secondary N) is 1. The highest BCUT2D eigenvalue weighted by atomic mass is 32.2. The quantitative estimate of drug-likeness (QED) is 0.398. The van der Waals surface area contributed by atoms with Crippen molar-refractivity contribution in [2.45, 2.75) is 42.3 Å². The molecule has 1 fully saturated rings. The van der Waals surface area contributed by atoms with E-state index in [4.69, 9.17) is 5.11 Å². The van der Waals surface area contributed by atoms with E-state index in [1.807, 2.05) is 0 Å². The van der Waals surface area contributed by atoms with E-state index in [2.05, 4.69) is 5.32 Å². The fourth-order valence-corrected chi connectivity index (χ4v) is 2.71. The Morgan fingerprint density at radius 1 is 1.31 bits per heavy atom. The second kappa shape index (κ2) is 5.83. The van der Waals surface area contributed by atoms with Crippen LogP contribution in [0.25, 0.3) is 0 Å². The number of hydrogen-bond donors (Lipinski definition) is 5. The summed E-state index contributed by atoms with van der Waals surface area (Å²) in [5.41, 5.74) is -1.04. The molecule has 0 aromatic heterocycles. The lowest BCUT2D eigenvalue weighted by Crippen LogP contribution is -2.60. The third-order valence-corrected chi connectivity index (χ3v) is 3.90. The molecular formula is C9H17NO5S. The fourth-order valence-electron chi connectivity index (χ4n) is 1.54. The first-order valence-corrected chi connectivity index (χ1v) is 6.05. The Hall–Kier alpha value is -0.340. The number of aliphatic hydroxyl groups is 4. The zero-order valence-electron chi connectivity index (χ0n) is 8.91. The van der Waals surface area contributed by atoms with Gasteiger partial charge in [0.2, 0.25) is 5.91 Å². The molecule has 1 amide bonds. The zero-order chi connectivity index (χ0) is 12.3. The average Bonchev–Trinajstić information content (AvgIpc) is 2.28. The third-order valence-electron chi connectivity index (χ3n) is 2.55. The van der Waals surface area contributed by atoms with Crippen molar-refractivity contribution in [1.29, 1.82) is 0 Å². The molecule has 16 heavy (non-hydrogen) atoms. The SMILES string of the molecule is CCC(=O)NC1C(O)SC(CO)[C@@H](O)[C@@H]1O. The van der Waals surface area contributed by atoms with Gasteiger partial charge in [0, 0.05) is 6.42 Å². The lowest BCUT2D eigenvalue weighted by atomic mass is 10.0. The third kappa shape index (κ3) is 2.86. The van der Waals surface area contributed by atoms with E-state index < -0.39 is 28.9 Å². The minimum atomic E-state index is -1.27. The molecule has 1 heterocycles. The van der Waals surface area contributed by atoms with Crippen molar-refractivity contribution in [3.8, 4) is 0 Å². The van der Waals surface area contributed by atoms with E-state index in [1.165, 1.54) is 0 Å². The maximum Gasteiger partial charge on any atom is 0.220 e. The van der Waals surface area contributed by atoms with Gasteiger partial charge in [-0.1, -0.05) is 6.92 Å². The molecule has 0 spiro atoms. The van der Waals surface area contributed by atoms with Gasteiger partial charge in [0.1, 0.15) is 11.5 Å². The van der Waals surface area contributed by atoms with Crippen LogP contribution >= 0.6 is 11.8 Å². The fraction of sp³-hybridized carbons (Fsp3) is 0.889. The number of carbonyl (C=O) groups excluding carboxylic acids is 1. The number of rotatable bonds is 3. The Bertz CT molecular complexity index is 252. The van der Waals surface area contributed by atoms with E-state index in [0.717, 1.165) is 11.8 Å². The van der Waals surface area contributed by atoms with Crippen LogP contribution in [0.5, 0.6) is 0 Å². The summed E-state index contributed by atoms with van der Waals surface area (Å²) in [5, 5.41) is 39.7. The van der Waals surface area contributed by atoms with E-state index in [9.17, 15) is 20.1 Å². The van der Waals surface area contributed by atoms with E-state index in [-0.39, 0.29) is 18.9 Å². The number of aliphatic hydroxyl groups excluding tert-OH is 4. The molecule has 5 atom stereocenters. The predicted octanol–water partition coefficient (Wildman–Crippen LogP) is -1.97. The molecule has 7 heteroatoms. The molecule has 0 saturated carbocycles. The van der Waals surface area contributed by atoms with Gasteiger partial charge in [-0.3, -0.25) is 4.79 Å². The van der Waals surface area contributed by atoms with Gasteiger partial charge in [-0.25, -0.2) is 0 Å². The van der Waals surface area contributed by atoms with Crippen LogP contribution in [0.2, 0.25) is 0 Å². The van der Waals surface area contributed by atoms with Crippen LogP contribution in [0.4, 0.5) is 0 Å². The summed E-state index contributed by atoms with van der Waals surface area (Å²) in [6.45, 7) is 1.31. The molecule has 0 bridgehead atoms. The van der Waals surface area contributed by atoms with Crippen molar-refractivity contribution in [2.24, 2.45) is 0 Å². The van der Waals surface area contributed by atoms with Gasteiger partial charge < -0.3 is 25.7 Å². The highest BCUT2D eigenvalue weighted by molar-refractivity contribution is 8.00. The highest BCUT2D eigenvalue weighted by Gasteiger charge is 2.43. The van der Waals surface area contributed by atoms with Crippen LogP contribution < -0.4 is 5.32 Å². The van der Waals surface area contributed by atoms with Crippen LogP contribution in [0.1, 0.15) is 13.3 Å². The van der Waals surface area contributed by atoms with Crippen LogP contribution in [0.15, 0.2) is 0 Å². The summed E-state index contributed by atoms with van der Waals surface area (Å²) < 4.78 is 0. The summed E-state index contributed by atoms with van der Waals surface area (Å²) in [7, 11) is 0. The van der Waals surface area contributed by atoms with Crippen LogP contribution in [0, 0.1) is 0 Å². The number of carbonyl (C=O) groups is 1.